The lowest BCUT2D eigenvalue weighted by Gasteiger charge is -2.29. The number of carbonyl (C=O) groups excluding carboxylic acids is 1. The molecular weight excluding hydrogens is 249 g/mol. The Labute approximate surface area is 111 Å². The van der Waals surface area contributed by atoms with Crippen LogP contribution in [0.1, 0.15) is 19.4 Å². The first kappa shape index (κ1) is 15.0. The van der Waals surface area contributed by atoms with E-state index in [2.05, 4.69) is 4.74 Å². The molecule has 1 aromatic rings. The Hall–Kier alpha value is -2.09. The molecule has 0 aromatic heterocycles. The van der Waals surface area contributed by atoms with E-state index >= 15 is 0 Å². The molecule has 0 radical (unpaired) electrons. The van der Waals surface area contributed by atoms with Gasteiger partial charge in [-0.1, -0.05) is 19.9 Å². The molecule has 0 saturated heterocycles. The van der Waals surface area contributed by atoms with Crippen molar-refractivity contribution in [2.24, 2.45) is 5.92 Å². The van der Waals surface area contributed by atoms with Gasteiger partial charge < -0.3 is 9.47 Å². The molecule has 1 unspecified atom stereocenters. The smallest absolute Gasteiger partial charge is 0.323 e. The van der Waals surface area contributed by atoms with E-state index in [4.69, 9.17) is 4.74 Å². The highest BCUT2D eigenvalue weighted by atomic mass is 19.1. The Morgan fingerprint density at radius 3 is 2.53 bits per heavy atom. The first-order valence-corrected chi connectivity index (χ1v) is 5.70. The summed E-state index contributed by atoms with van der Waals surface area (Å²) < 4.78 is 22.9. The third-order valence-electron chi connectivity index (χ3n) is 3.15. The van der Waals surface area contributed by atoms with Crippen LogP contribution in [0, 0.1) is 23.1 Å². The minimum absolute atomic E-state index is 0.300. The summed E-state index contributed by atoms with van der Waals surface area (Å²) >= 11 is 0. The highest BCUT2D eigenvalue weighted by Gasteiger charge is 2.39. The molecule has 0 aliphatic carbocycles. The Balaban J connectivity index is 3.33. The Morgan fingerprint density at radius 1 is 1.42 bits per heavy atom. The van der Waals surface area contributed by atoms with E-state index in [0.29, 0.717) is 11.3 Å². The highest BCUT2D eigenvalue weighted by Crippen LogP contribution is 2.38. The molecular formula is C14H16FNO3. The molecule has 0 N–H and O–H groups in total. The van der Waals surface area contributed by atoms with Crippen molar-refractivity contribution in [3.8, 4) is 11.8 Å². The van der Waals surface area contributed by atoms with Crippen LogP contribution in [-0.4, -0.2) is 20.2 Å². The van der Waals surface area contributed by atoms with Gasteiger partial charge in [0, 0.05) is 17.0 Å². The SMILES string of the molecule is COC(=O)C(C#N)C(C)(C)c1ccc(F)cc1OC. The number of rotatable bonds is 4. The van der Waals surface area contributed by atoms with Crippen LogP contribution in [0.4, 0.5) is 4.39 Å². The molecule has 0 spiro atoms. The molecule has 0 heterocycles. The van der Waals surface area contributed by atoms with Gasteiger partial charge in [0.1, 0.15) is 11.6 Å². The van der Waals surface area contributed by atoms with Crippen LogP contribution in [0.15, 0.2) is 18.2 Å². The van der Waals surface area contributed by atoms with Gasteiger partial charge in [-0.2, -0.15) is 5.26 Å². The van der Waals surface area contributed by atoms with Crippen molar-refractivity contribution < 1.29 is 18.7 Å². The highest BCUT2D eigenvalue weighted by molar-refractivity contribution is 5.77. The predicted octanol–water partition coefficient (Wildman–Crippen LogP) is 2.42. The number of nitrogens with zero attached hydrogens (tertiary/aromatic N) is 1. The number of hydrogen-bond acceptors (Lipinski definition) is 4. The second-order valence-electron chi connectivity index (χ2n) is 4.65. The molecule has 0 aliphatic rings. The summed E-state index contributed by atoms with van der Waals surface area (Å²) in [5.74, 6) is -1.77. The zero-order valence-corrected chi connectivity index (χ0v) is 11.4. The maximum Gasteiger partial charge on any atom is 0.323 e. The molecule has 102 valence electrons. The standard InChI is InChI=1S/C14H16FNO3/c1-14(2,11(8-16)13(17)19-4)10-6-5-9(15)7-12(10)18-3/h5-7,11H,1-4H3. The number of ether oxygens (including phenoxy) is 2. The van der Waals surface area contributed by atoms with Crippen LogP contribution in [-0.2, 0) is 14.9 Å². The summed E-state index contributed by atoms with van der Waals surface area (Å²) in [6, 6.07) is 5.94. The normalized spacial score (nSPS) is 12.4. The van der Waals surface area contributed by atoms with Gasteiger partial charge in [0.2, 0.25) is 0 Å². The first-order chi connectivity index (χ1) is 8.88. The number of benzene rings is 1. The van der Waals surface area contributed by atoms with Crippen LogP contribution >= 0.6 is 0 Å². The summed E-state index contributed by atoms with van der Waals surface area (Å²) in [5.41, 5.74) is -0.283. The maximum atomic E-state index is 13.2. The number of nitriles is 1. The van der Waals surface area contributed by atoms with Crippen molar-refractivity contribution in [1.82, 2.24) is 0 Å². The van der Waals surface area contributed by atoms with Crippen molar-refractivity contribution in [1.29, 1.82) is 5.26 Å². The van der Waals surface area contributed by atoms with E-state index in [1.165, 1.54) is 32.4 Å². The zero-order chi connectivity index (χ0) is 14.6. The number of methoxy groups -OCH3 is 2. The lowest BCUT2D eigenvalue weighted by atomic mass is 9.73. The first-order valence-electron chi connectivity index (χ1n) is 5.70. The molecule has 0 fully saturated rings. The maximum absolute atomic E-state index is 13.2. The fraction of sp³-hybridized carbons (Fsp3) is 0.429. The summed E-state index contributed by atoms with van der Waals surface area (Å²) in [5, 5.41) is 9.18. The molecule has 0 bridgehead atoms. The molecule has 1 aromatic carbocycles. The second-order valence-corrected chi connectivity index (χ2v) is 4.65. The van der Waals surface area contributed by atoms with E-state index in [0.717, 1.165) is 0 Å². The van der Waals surface area contributed by atoms with Crippen LogP contribution in [0.3, 0.4) is 0 Å². The van der Waals surface area contributed by atoms with E-state index < -0.39 is 23.1 Å². The second kappa shape index (κ2) is 5.70. The van der Waals surface area contributed by atoms with E-state index in [-0.39, 0.29) is 0 Å². The van der Waals surface area contributed by atoms with E-state index in [1.54, 1.807) is 13.8 Å². The van der Waals surface area contributed by atoms with Gasteiger partial charge >= 0.3 is 5.97 Å². The topological polar surface area (TPSA) is 59.3 Å². The monoisotopic (exact) mass is 265 g/mol. The molecule has 0 amide bonds. The van der Waals surface area contributed by atoms with Gasteiger partial charge in [-0.3, -0.25) is 4.79 Å². The van der Waals surface area contributed by atoms with Crippen molar-refractivity contribution in [2.45, 2.75) is 19.3 Å². The van der Waals surface area contributed by atoms with E-state index in [1.807, 2.05) is 6.07 Å². The van der Waals surface area contributed by atoms with Crippen molar-refractivity contribution in [3.63, 3.8) is 0 Å². The third kappa shape index (κ3) is 2.84. The minimum Gasteiger partial charge on any atom is -0.496 e. The molecule has 19 heavy (non-hydrogen) atoms. The van der Waals surface area contributed by atoms with Gasteiger partial charge in [-0.25, -0.2) is 4.39 Å². The average Bonchev–Trinajstić information content (AvgIpc) is 2.38. The number of carbonyl (C=O) groups is 1. The van der Waals surface area contributed by atoms with Gasteiger partial charge in [-0.15, -0.1) is 0 Å². The average molecular weight is 265 g/mol. The number of halogens is 1. The van der Waals surface area contributed by atoms with Crippen molar-refractivity contribution in [2.75, 3.05) is 14.2 Å². The molecule has 0 aliphatic heterocycles. The zero-order valence-electron chi connectivity index (χ0n) is 11.4. The summed E-state index contributed by atoms with van der Waals surface area (Å²) in [4.78, 5) is 11.7. The molecule has 1 atom stereocenters. The molecule has 4 nitrogen and oxygen atoms in total. The Bertz CT molecular complexity index is 520. The fourth-order valence-electron chi connectivity index (χ4n) is 1.98. The van der Waals surface area contributed by atoms with Gasteiger partial charge in [0.15, 0.2) is 5.92 Å². The van der Waals surface area contributed by atoms with Gasteiger partial charge in [-0.05, 0) is 6.07 Å². The van der Waals surface area contributed by atoms with Crippen LogP contribution in [0.25, 0.3) is 0 Å². The Kier molecular flexibility index (Phi) is 4.49. The molecule has 1 rings (SSSR count). The van der Waals surface area contributed by atoms with Crippen LogP contribution in [0.5, 0.6) is 5.75 Å². The van der Waals surface area contributed by atoms with Crippen molar-refractivity contribution in [3.05, 3.63) is 29.6 Å². The van der Waals surface area contributed by atoms with Crippen LogP contribution in [0.2, 0.25) is 0 Å². The summed E-state index contributed by atoms with van der Waals surface area (Å²) in [6.07, 6.45) is 0. The largest absolute Gasteiger partial charge is 0.496 e. The molecule has 5 heteroatoms. The minimum atomic E-state index is -1.00. The predicted molar refractivity (Wildman–Crippen MR) is 67.1 cm³/mol. The lowest BCUT2D eigenvalue weighted by molar-refractivity contribution is -0.145. The Morgan fingerprint density at radius 2 is 2.05 bits per heavy atom. The van der Waals surface area contributed by atoms with Gasteiger partial charge in [0.25, 0.3) is 0 Å². The van der Waals surface area contributed by atoms with Crippen molar-refractivity contribution >= 4 is 5.97 Å². The quantitative estimate of drug-likeness (QED) is 0.784. The van der Waals surface area contributed by atoms with E-state index in [9.17, 15) is 14.4 Å². The number of hydrogen-bond donors (Lipinski definition) is 0. The number of esters is 1. The summed E-state index contributed by atoms with van der Waals surface area (Å²) in [7, 11) is 2.64. The summed E-state index contributed by atoms with van der Waals surface area (Å²) in [6.45, 7) is 3.43. The fourth-order valence-corrected chi connectivity index (χ4v) is 1.98. The van der Waals surface area contributed by atoms with Crippen LogP contribution < -0.4 is 4.74 Å². The molecule has 0 saturated carbocycles. The van der Waals surface area contributed by atoms with Gasteiger partial charge in [0.05, 0.1) is 20.3 Å². The lowest BCUT2D eigenvalue weighted by Crippen LogP contribution is -2.35. The third-order valence-corrected chi connectivity index (χ3v) is 3.15.